The quantitative estimate of drug-likeness (QED) is 0.604. The fourth-order valence-corrected chi connectivity index (χ4v) is 4.40. The van der Waals surface area contributed by atoms with Crippen molar-refractivity contribution in [2.24, 2.45) is 0 Å². The van der Waals surface area contributed by atoms with Crippen LogP contribution in [0.5, 0.6) is 0 Å². The number of nitrogens with zero attached hydrogens (tertiary/aromatic N) is 3. The molecule has 1 saturated heterocycles. The number of hydrogen-bond donors (Lipinski definition) is 1. The molecule has 4 nitrogen and oxygen atoms in total. The largest absolute Gasteiger partial charge is 0.317 e. The molecule has 25 heavy (non-hydrogen) atoms. The number of aromatic nitrogens is 2. The van der Waals surface area contributed by atoms with Gasteiger partial charge in [0.05, 0.1) is 16.8 Å². The number of aryl methyl sites for hydroxylation is 1. The van der Waals surface area contributed by atoms with Crippen molar-refractivity contribution < 1.29 is 4.79 Å². The molecule has 0 bridgehead atoms. The minimum absolute atomic E-state index is 0.0422. The minimum atomic E-state index is -0.102. The Morgan fingerprint density at radius 1 is 1.28 bits per heavy atom. The average molecular weight is 374 g/mol. The number of likely N-dealkylation sites (N-methyl/N-ethyl adjacent to an activating group) is 1. The lowest BCUT2D eigenvalue weighted by atomic mass is 10.1. The Balaban J connectivity index is 1.74. The molecule has 1 unspecified atom stereocenters. The molecule has 1 aliphatic heterocycles. The zero-order chi connectivity index (χ0) is 17.8. The predicted octanol–water partition coefficient (Wildman–Crippen LogP) is 4.36. The van der Waals surface area contributed by atoms with Crippen LogP contribution in [0, 0.1) is 0 Å². The summed E-state index contributed by atoms with van der Waals surface area (Å²) < 4.78 is 1.74. The van der Waals surface area contributed by atoms with Crippen LogP contribution in [0.2, 0.25) is 0 Å². The minimum Gasteiger partial charge on any atom is -0.317 e. The molecule has 0 saturated carbocycles. The monoisotopic (exact) mass is 373 g/mol. The Labute approximate surface area is 158 Å². The van der Waals surface area contributed by atoms with Gasteiger partial charge in [-0.25, -0.2) is 4.68 Å². The summed E-state index contributed by atoms with van der Waals surface area (Å²) in [7, 11) is 0. The van der Waals surface area contributed by atoms with Gasteiger partial charge in [-0.1, -0.05) is 37.2 Å². The van der Waals surface area contributed by atoms with Crippen molar-refractivity contribution in [3.05, 3.63) is 52.7 Å². The fourth-order valence-electron chi connectivity index (χ4n) is 2.77. The van der Waals surface area contributed by atoms with Crippen LogP contribution < -0.4 is 0 Å². The van der Waals surface area contributed by atoms with Gasteiger partial charge in [0.15, 0.2) is 0 Å². The van der Waals surface area contributed by atoms with E-state index in [0.717, 1.165) is 22.6 Å². The smallest absolute Gasteiger partial charge is 0.261 e. The number of benzene rings is 1. The zero-order valence-corrected chi connectivity index (χ0v) is 16.3. The van der Waals surface area contributed by atoms with E-state index < -0.39 is 0 Å². The van der Waals surface area contributed by atoms with E-state index in [-0.39, 0.29) is 10.6 Å². The molecule has 2 aromatic rings. The summed E-state index contributed by atoms with van der Waals surface area (Å²) in [6, 6.07) is 8.50. The molecule has 1 aromatic heterocycles. The lowest BCUT2D eigenvalue weighted by Crippen LogP contribution is -2.28. The number of amides is 1. The maximum absolute atomic E-state index is 12.3. The van der Waals surface area contributed by atoms with Crippen molar-refractivity contribution in [2.75, 3.05) is 6.54 Å². The van der Waals surface area contributed by atoms with Crippen LogP contribution >= 0.6 is 24.4 Å². The SMILES string of the molecule is CCCCc1ccc(-n2cc(/C=C3\SC(S)N(CC)C3=O)cn2)cc1. The molecule has 0 N–H and O–H groups in total. The Morgan fingerprint density at radius 3 is 2.68 bits per heavy atom. The first kappa shape index (κ1) is 18.1. The van der Waals surface area contributed by atoms with Crippen LogP contribution in [0.1, 0.15) is 37.8 Å². The van der Waals surface area contributed by atoms with Gasteiger partial charge in [0.1, 0.15) is 4.71 Å². The molecule has 0 radical (unpaired) electrons. The number of hydrogen-bond acceptors (Lipinski definition) is 4. The third-order valence-electron chi connectivity index (χ3n) is 4.23. The van der Waals surface area contributed by atoms with Crippen LogP contribution in [0.4, 0.5) is 0 Å². The van der Waals surface area contributed by atoms with Crippen molar-refractivity contribution >= 4 is 36.4 Å². The first-order chi connectivity index (χ1) is 12.1. The molecule has 1 fully saturated rings. The first-order valence-corrected chi connectivity index (χ1v) is 10.0. The molecule has 3 rings (SSSR count). The van der Waals surface area contributed by atoms with Crippen LogP contribution in [0.15, 0.2) is 41.6 Å². The van der Waals surface area contributed by atoms with Gasteiger partial charge < -0.3 is 4.90 Å². The highest BCUT2D eigenvalue weighted by molar-refractivity contribution is 8.14. The van der Waals surface area contributed by atoms with E-state index in [0.29, 0.717) is 6.54 Å². The molecule has 1 amide bonds. The van der Waals surface area contributed by atoms with Crippen molar-refractivity contribution in [3.63, 3.8) is 0 Å². The average Bonchev–Trinajstić information content (AvgIpc) is 3.18. The lowest BCUT2D eigenvalue weighted by molar-refractivity contribution is -0.124. The molecular weight excluding hydrogens is 350 g/mol. The van der Waals surface area contributed by atoms with Gasteiger partial charge in [0.25, 0.3) is 5.91 Å². The molecule has 1 atom stereocenters. The molecule has 132 valence electrons. The Kier molecular flexibility index (Phi) is 5.91. The zero-order valence-electron chi connectivity index (χ0n) is 14.6. The van der Waals surface area contributed by atoms with Crippen molar-refractivity contribution in [3.8, 4) is 5.69 Å². The number of unbranched alkanes of at least 4 members (excludes halogenated alkanes) is 1. The van der Waals surface area contributed by atoms with E-state index in [4.69, 9.17) is 0 Å². The maximum atomic E-state index is 12.3. The van der Waals surface area contributed by atoms with Crippen LogP contribution in [-0.4, -0.2) is 31.8 Å². The second-order valence-corrected chi connectivity index (χ2v) is 7.99. The molecule has 1 aliphatic rings. The Morgan fingerprint density at radius 2 is 2.04 bits per heavy atom. The van der Waals surface area contributed by atoms with Crippen LogP contribution in [0.25, 0.3) is 11.8 Å². The fraction of sp³-hybridized carbons (Fsp3) is 0.368. The molecular formula is C19H23N3OS2. The van der Waals surface area contributed by atoms with Gasteiger partial charge in [0, 0.05) is 18.3 Å². The molecule has 2 heterocycles. The second kappa shape index (κ2) is 8.15. The highest BCUT2D eigenvalue weighted by atomic mass is 32.2. The van der Waals surface area contributed by atoms with E-state index in [1.807, 2.05) is 23.9 Å². The summed E-state index contributed by atoms with van der Waals surface area (Å²) in [5, 5.41) is 4.42. The van der Waals surface area contributed by atoms with Gasteiger partial charge in [-0.15, -0.1) is 12.6 Å². The third-order valence-corrected chi connectivity index (χ3v) is 5.84. The normalized spacial score (nSPS) is 19.2. The number of carbonyl (C=O) groups excluding carboxylic acids is 1. The highest BCUT2D eigenvalue weighted by Gasteiger charge is 2.32. The highest BCUT2D eigenvalue weighted by Crippen LogP contribution is 2.37. The number of carbonyl (C=O) groups is 1. The van der Waals surface area contributed by atoms with Crippen molar-refractivity contribution in [2.45, 2.75) is 37.8 Å². The van der Waals surface area contributed by atoms with Crippen molar-refractivity contribution in [1.82, 2.24) is 14.7 Å². The summed E-state index contributed by atoms with van der Waals surface area (Å²) in [4.78, 5) is 14.8. The van der Waals surface area contributed by atoms with Gasteiger partial charge in [-0.2, -0.15) is 5.10 Å². The summed E-state index contributed by atoms with van der Waals surface area (Å²) in [6.07, 6.45) is 9.16. The van der Waals surface area contributed by atoms with Crippen molar-refractivity contribution in [1.29, 1.82) is 0 Å². The molecule has 0 spiro atoms. The lowest BCUT2D eigenvalue weighted by Gasteiger charge is -2.15. The van der Waals surface area contributed by atoms with Crippen LogP contribution in [0.3, 0.4) is 0 Å². The molecule has 6 heteroatoms. The van der Waals surface area contributed by atoms with E-state index in [1.54, 1.807) is 11.1 Å². The van der Waals surface area contributed by atoms with Crippen LogP contribution in [-0.2, 0) is 11.2 Å². The Bertz CT molecular complexity index is 767. The summed E-state index contributed by atoms with van der Waals surface area (Å²) >= 11 is 5.94. The summed E-state index contributed by atoms with van der Waals surface area (Å²) in [6.45, 7) is 4.84. The van der Waals surface area contributed by atoms with E-state index in [2.05, 4.69) is 48.9 Å². The molecule has 1 aromatic carbocycles. The number of rotatable bonds is 6. The Hall–Kier alpha value is -1.66. The summed E-state index contributed by atoms with van der Waals surface area (Å²) in [5.74, 6) is 0.0422. The third kappa shape index (κ3) is 4.12. The summed E-state index contributed by atoms with van der Waals surface area (Å²) in [5.41, 5.74) is 3.30. The van der Waals surface area contributed by atoms with E-state index in [9.17, 15) is 4.79 Å². The standard InChI is InChI=1S/C19H23N3OS2/c1-3-5-6-14-7-9-16(10-8-14)22-13-15(12-20-22)11-17-18(23)21(4-2)19(24)25-17/h7-13,19,24H,3-6H2,1-2H3/b17-11-. The van der Waals surface area contributed by atoms with E-state index >= 15 is 0 Å². The topological polar surface area (TPSA) is 38.1 Å². The maximum Gasteiger partial charge on any atom is 0.261 e. The predicted molar refractivity (Wildman–Crippen MR) is 108 cm³/mol. The number of thioether (sulfide) groups is 1. The van der Waals surface area contributed by atoms with Gasteiger partial charge in [-0.05, 0) is 43.5 Å². The number of thiol groups is 1. The second-order valence-electron chi connectivity index (χ2n) is 6.03. The van der Waals surface area contributed by atoms with Gasteiger partial charge >= 0.3 is 0 Å². The first-order valence-electron chi connectivity index (χ1n) is 8.63. The van der Waals surface area contributed by atoms with E-state index in [1.165, 1.54) is 30.2 Å². The molecule has 0 aliphatic carbocycles. The van der Waals surface area contributed by atoms with Gasteiger partial charge in [0.2, 0.25) is 0 Å². The van der Waals surface area contributed by atoms with Gasteiger partial charge in [-0.3, -0.25) is 4.79 Å².